The second kappa shape index (κ2) is 10.9. The Morgan fingerprint density at radius 1 is 0.741 bits per heavy atom. The van der Waals surface area contributed by atoms with Crippen molar-refractivity contribution >= 4 is 23.9 Å². The van der Waals surface area contributed by atoms with Crippen LogP contribution in [0.2, 0.25) is 0 Å². The van der Waals surface area contributed by atoms with Gasteiger partial charge in [-0.1, -0.05) is 27.7 Å². The van der Waals surface area contributed by atoms with E-state index >= 15 is 0 Å². The summed E-state index contributed by atoms with van der Waals surface area (Å²) in [5.41, 5.74) is -0.00227. The van der Waals surface area contributed by atoms with E-state index in [2.05, 4.69) is 0 Å². The molecule has 0 radical (unpaired) electrons. The molecule has 0 bridgehead atoms. The second-order valence-corrected chi connectivity index (χ2v) is 5.42. The van der Waals surface area contributed by atoms with E-state index in [1.807, 2.05) is 6.92 Å². The molecule has 0 aromatic heterocycles. The molecule has 1 aromatic carbocycles. The van der Waals surface area contributed by atoms with Crippen LogP contribution in [0.15, 0.2) is 12.1 Å². The molecule has 148 valence electrons. The molecule has 8 heteroatoms. The van der Waals surface area contributed by atoms with Gasteiger partial charge in [-0.25, -0.2) is 4.79 Å². The molecule has 0 unspecified atom stereocenters. The number of carbonyl (C=O) groups excluding carboxylic acids is 4. The van der Waals surface area contributed by atoms with Gasteiger partial charge in [-0.3, -0.25) is 14.4 Å². The lowest BCUT2D eigenvalue weighted by Gasteiger charge is -2.15. The van der Waals surface area contributed by atoms with Crippen molar-refractivity contribution in [1.82, 2.24) is 0 Å². The molecule has 0 spiro atoms. The minimum atomic E-state index is -0.687. The lowest BCUT2D eigenvalue weighted by atomic mass is 10.1. The van der Waals surface area contributed by atoms with Gasteiger partial charge in [-0.05, 0) is 18.6 Å². The van der Waals surface area contributed by atoms with Crippen LogP contribution in [0.25, 0.3) is 0 Å². The highest BCUT2D eigenvalue weighted by Crippen LogP contribution is 2.40. The Labute approximate surface area is 157 Å². The van der Waals surface area contributed by atoms with Gasteiger partial charge in [0.2, 0.25) is 5.75 Å². The van der Waals surface area contributed by atoms with E-state index in [9.17, 15) is 19.2 Å². The topological polar surface area (TPSA) is 105 Å². The monoisotopic (exact) mass is 380 g/mol. The summed E-state index contributed by atoms with van der Waals surface area (Å²) >= 11 is 0. The van der Waals surface area contributed by atoms with Crippen molar-refractivity contribution in [2.75, 3.05) is 6.61 Å². The molecule has 8 nitrogen and oxygen atoms in total. The molecule has 0 aliphatic rings. The number of ether oxygens (including phenoxy) is 4. The van der Waals surface area contributed by atoms with Gasteiger partial charge in [0.1, 0.15) is 0 Å². The van der Waals surface area contributed by atoms with Crippen LogP contribution in [0.1, 0.15) is 63.7 Å². The highest BCUT2D eigenvalue weighted by Gasteiger charge is 2.24. The Hall–Kier alpha value is -2.90. The Morgan fingerprint density at radius 3 is 1.59 bits per heavy atom. The van der Waals surface area contributed by atoms with E-state index in [1.165, 1.54) is 12.1 Å². The fourth-order valence-corrected chi connectivity index (χ4v) is 1.80. The molecule has 0 heterocycles. The maximum absolute atomic E-state index is 12.2. The van der Waals surface area contributed by atoms with E-state index < -0.39 is 23.9 Å². The van der Waals surface area contributed by atoms with E-state index in [0.29, 0.717) is 6.42 Å². The molecular weight excluding hydrogens is 356 g/mol. The van der Waals surface area contributed by atoms with Crippen molar-refractivity contribution in [3.05, 3.63) is 17.7 Å². The summed E-state index contributed by atoms with van der Waals surface area (Å²) in [7, 11) is 0. The molecule has 0 N–H and O–H groups in total. The van der Waals surface area contributed by atoms with Crippen LogP contribution in [0.5, 0.6) is 17.2 Å². The predicted octanol–water partition coefficient (Wildman–Crippen LogP) is 3.20. The van der Waals surface area contributed by atoms with Crippen molar-refractivity contribution in [3.63, 3.8) is 0 Å². The quantitative estimate of drug-likeness (QED) is 0.475. The summed E-state index contributed by atoms with van der Waals surface area (Å²) in [6, 6.07) is 2.43. The molecule has 1 rings (SSSR count). The van der Waals surface area contributed by atoms with Gasteiger partial charge in [0.05, 0.1) is 12.2 Å². The van der Waals surface area contributed by atoms with Crippen molar-refractivity contribution < 1.29 is 38.1 Å². The molecule has 0 aliphatic carbocycles. The van der Waals surface area contributed by atoms with Crippen LogP contribution >= 0.6 is 0 Å². The summed E-state index contributed by atoms with van der Waals surface area (Å²) in [6.07, 6.45) is 0.765. The standard InChI is InChI=1S/C19H24O8/c1-5-9-24-19(23)12-10-13(25-15(20)6-2)18(27-17(22)8-4)14(11-12)26-16(21)7-3/h10-11H,5-9H2,1-4H3. The smallest absolute Gasteiger partial charge is 0.338 e. The van der Waals surface area contributed by atoms with Crippen molar-refractivity contribution in [2.45, 2.75) is 53.4 Å². The fraction of sp³-hybridized carbons (Fsp3) is 0.474. The SMILES string of the molecule is CCCOC(=O)c1cc(OC(=O)CC)c(OC(=O)CC)c(OC(=O)CC)c1. The molecule has 1 aromatic rings. The third-order valence-corrected chi connectivity index (χ3v) is 3.22. The minimum Gasteiger partial charge on any atom is -0.462 e. The van der Waals surface area contributed by atoms with Crippen LogP contribution in [-0.4, -0.2) is 30.5 Å². The molecule has 27 heavy (non-hydrogen) atoms. The second-order valence-electron chi connectivity index (χ2n) is 5.42. The summed E-state index contributed by atoms with van der Waals surface area (Å²) < 4.78 is 20.6. The molecule has 0 saturated carbocycles. The normalized spacial score (nSPS) is 10.1. The molecule has 0 amide bonds. The summed E-state index contributed by atoms with van der Waals surface area (Å²) in [5, 5.41) is 0. The van der Waals surface area contributed by atoms with E-state index in [1.54, 1.807) is 20.8 Å². The molecule has 0 aliphatic heterocycles. The largest absolute Gasteiger partial charge is 0.462 e. The Balaban J connectivity index is 3.47. The van der Waals surface area contributed by atoms with Gasteiger partial charge in [0, 0.05) is 19.3 Å². The van der Waals surface area contributed by atoms with Gasteiger partial charge >= 0.3 is 23.9 Å². The fourth-order valence-electron chi connectivity index (χ4n) is 1.80. The summed E-state index contributed by atoms with van der Waals surface area (Å²) in [6.45, 7) is 6.77. The third kappa shape index (κ3) is 6.73. The van der Waals surface area contributed by atoms with Gasteiger partial charge in [0.25, 0.3) is 0 Å². The van der Waals surface area contributed by atoms with Crippen LogP contribution in [0, 0.1) is 0 Å². The first-order chi connectivity index (χ1) is 12.9. The number of hydrogen-bond acceptors (Lipinski definition) is 8. The predicted molar refractivity (Wildman–Crippen MR) is 94.8 cm³/mol. The first-order valence-electron chi connectivity index (χ1n) is 8.83. The van der Waals surface area contributed by atoms with Crippen LogP contribution in [0.3, 0.4) is 0 Å². The molecule has 0 fully saturated rings. The molecule has 0 atom stereocenters. The maximum Gasteiger partial charge on any atom is 0.338 e. The van der Waals surface area contributed by atoms with Crippen molar-refractivity contribution in [3.8, 4) is 17.2 Å². The third-order valence-electron chi connectivity index (χ3n) is 3.22. The Kier molecular flexibility index (Phi) is 8.98. The average Bonchev–Trinajstić information content (AvgIpc) is 2.67. The number of hydrogen-bond donors (Lipinski definition) is 0. The van der Waals surface area contributed by atoms with Crippen molar-refractivity contribution in [1.29, 1.82) is 0 Å². The van der Waals surface area contributed by atoms with E-state index in [0.717, 1.165) is 0 Å². The van der Waals surface area contributed by atoms with Gasteiger partial charge in [0.15, 0.2) is 11.5 Å². The highest BCUT2D eigenvalue weighted by molar-refractivity contribution is 5.92. The zero-order valence-electron chi connectivity index (χ0n) is 16.0. The highest BCUT2D eigenvalue weighted by atomic mass is 16.6. The van der Waals surface area contributed by atoms with Gasteiger partial charge in [-0.15, -0.1) is 0 Å². The van der Waals surface area contributed by atoms with E-state index in [4.69, 9.17) is 18.9 Å². The van der Waals surface area contributed by atoms with Crippen LogP contribution < -0.4 is 14.2 Å². The summed E-state index contributed by atoms with van der Waals surface area (Å²) in [4.78, 5) is 47.4. The number of carbonyl (C=O) groups is 4. The molecular formula is C19H24O8. The molecule has 0 saturated heterocycles. The van der Waals surface area contributed by atoms with Crippen molar-refractivity contribution in [2.24, 2.45) is 0 Å². The summed E-state index contributed by atoms with van der Waals surface area (Å²) in [5.74, 6) is -3.18. The number of rotatable bonds is 9. The van der Waals surface area contributed by atoms with Crippen LogP contribution in [-0.2, 0) is 19.1 Å². The average molecular weight is 380 g/mol. The lowest BCUT2D eigenvalue weighted by molar-refractivity contribution is -0.137. The first kappa shape index (κ1) is 22.1. The lowest BCUT2D eigenvalue weighted by Crippen LogP contribution is -2.15. The van der Waals surface area contributed by atoms with E-state index in [-0.39, 0.29) is 48.7 Å². The number of benzene rings is 1. The zero-order chi connectivity index (χ0) is 20.4. The maximum atomic E-state index is 12.2. The van der Waals surface area contributed by atoms with Crippen LogP contribution in [0.4, 0.5) is 0 Å². The first-order valence-corrected chi connectivity index (χ1v) is 8.83. The van der Waals surface area contributed by atoms with Gasteiger partial charge < -0.3 is 18.9 Å². The Morgan fingerprint density at radius 2 is 1.19 bits per heavy atom. The van der Waals surface area contributed by atoms with Gasteiger partial charge in [-0.2, -0.15) is 0 Å². The number of esters is 4. The zero-order valence-corrected chi connectivity index (χ0v) is 16.0. The minimum absolute atomic E-state index is 0.00227. The Bertz CT molecular complexity index is 669.